The molecular formula is C28H56O2. The first kappa shape index (κ1) is 29.7. The number of rotatable bonds is 26. The van der Waals surface area contributed by atoms with E-state index in [1.165, 1.54) is 141 Å². The van der Waals surface area contributed by atoms with Gasteiger partial charge >= 0.3 is 0 Å². The van der Waals surface area contributed by atoms with Crippen LogP contribution in [0.4, 0.5) is 0 Å². The van der Waals surface area contributed by atoms with Gasteiger partial charge in [-0.05, 0) is 38.5 Å². The lowest BCUT2D eigenvalue weighted by molar-refractivity contribution is 0.282. The third-order valence-corrected chi connectivity index (χ3v) is 6.22. The Morgan fingerprint density at radius 2 is 0.467 bits per heavy atom. The molecule has 0 fully saturated rings. The molecule has 0 aromatic heterocycles. The number of hydrogen-bond donors (Lipinski definition) is 2. The van der Waals surface area contributed by atoms with Crippen LogP contribution in [-0.4, -0.2) is 23.4 Å². The van der Waals surface area contributed by atoms with Crippen LogP contribution in [0.3, 0.4) is 0 Å². The second kappa shape index (κ2) is 28.7. The fraction of sp³-hybridized carbons (Fsp3) is 0.929. The summed E-state index contributed by atoms with van der Waals surface area (Å²) in [5.74, 6) is 0. The minimum absolute atomic E-state index is 0.358. The largest absolute Gasteiger partial charge is 0.396 e. The van der Waals surface area contributed by atoms with Gasteiger partial charge in [-0.1, -0.05) is 128 Å². The third-order valence-electron chi connectivity index (χ3n) is 6.22. The third kappa shape index (κ3) is 27.7. The SMILES string of the molecule is OCCCCCCCCC=CCCCCCCCCCCCCCCCCCCO. The van der Waals surface area contributed by atoms with Crippen molar-refractivity contribution in [3.05, 3.63) is 12.2 Å². The summed E-state index contributed by atoms with van der Waals surface area (Å²) >= 11 is 0. The van der Waals surface area contributed by atoms with Crippen molar-refractivity contribution in [3.8, 4) is 0 Å². The Labute approximate surface area is 189 Å². The van der Waals surface area contributed by atoms with Gasteiger partial charge in [-0.3, -0.25) is 0 Å². The molecule has 0 bridgehead atoms. The molecule has 0 rings (SSSR count). The summed E-state index contributed by atoms with van der Waals surface area (Å²) in [4.78, 5) is 0. The summed E-state index contributed by atoms with van der Waals surface area (Å²) in [6.45, 7) is 0.725. The molecule has 180 valence electrons. The molecule has 0 aliphatic rings. The van der Waals surface area contributed by atoms with Crippen molar-refractivity contribution in [2.75, 3.05) is 13.2 Å². The normalized spacial score (nSPS) is 11.7. The molecule has 2 heteroatoms. The molecule has 0 aromatic carbocycles. The van der Waals surface area contributed by atoms with Crippen molar-refractivity contribution in [1.29, 1.82) is 0 Å². The minimum atomic E-state index is 0.358. The lowest BCUT2D eigenvalue weighted by Crippen LogP contribution is -1.85. The quantitative estimate of drug-likeness (QED) is 0.107. The number of aliphatic hydroxyl groups excluding tert-OH is 2. The standard InChI is InChI=1S/C28H56O2/c29-27-25-23-21-19-17-15-13-11-9-7-5-3-1-2-4-6-8-10-12-14-16-18-20-22-24-26-28-30/h9,11,29-30H,1-8,10,12-28H2. The Balaban J connectivity index is 3.04. The van der Waals surface area contributed by atoms with Gasteiger partial charge in [0, 0.05) is 13.2 Å². The van der Waals surface area contributed by atoms with Gasteiger partial charge in [-0.15, -0.1) is 0 Å². The van der Waals surface area contributed by atoms with Gasteiger partial charge in [-0.2, -0.15) is 0 Å². The van der Waals surface area contributed by atoms with Crippen LogP contribution in [0.1, 0.15) is 154 Å². The summed E-state index contributed by atoms with van der Waals surface area (Å²) in [6.07, 6.45) is 36.8. The molecule has 30 heavy (non-hydrogen) atoms. The summed E-state index contributed by atoms with van der Waals surface area (Å²) in [7, 11) is 0. The highest BCUT2D eigenvalue weighted by molar-refractivity contribution is 4.81. The Hall–Kier alpha value is -0.340. The molecule has 0 saturated carbocycles. The van der Waals surface area contributed by atoms with Crippen molar-refractivity contribution >= 4 is 0 Å². The number of hydrogen-bond acceptors (Lipinski definition) is 2. The fourth-order valence-corrected chi connectivity index (χ4v) is 4.17. The van der Waals surface area contributed by atoms with E-state index in [1.807, 2.05) is 0 Å². The van der Waals surface area contributed by atoms with E-state index in [0.717, 1.165) is 12.8 Å². The van der Waals surface area contributed by atoms with Crippen LogP contribution < -0.4 is 0 Å². The Morgan fingerprint density at radius 1 is 0.267 bits per heavy atom. The van der Waals surface area contributed by atoms with Crippen molar-refractivity contribution in [3.63, 3.8) is 0 Å². The van der Waals surface area contributed by atoms with Crippen LogP contribution in [-0.2, 0) is 0 Å². The number of allylic oxidation sites excluding steroid dienone is 2. The average molecular weight is 425 g/mol. The lowest BCUT2D eigenvalue weighted by Gasteiger charge is -2.03. The van der Waals surface area contributed by atoms with Crippen LogP contribution in [0.25, 0.3) is 0 Å². The summed E-state index contributed by atoms with van der Waals surface area (Å²) < 4.78 is 0. The first-order chi connectivity index (χ1) is 14.9. The topological polar surface area (TPSA) is 40.5 Å². The molecule has 0 spiro atoms. The lowest BCUT2D eigenvalue weighted by atomic mass is 10.0. The molecule has 0 unspecified atom stereocenters. The van der Waals surface area contributed by atoms with Crippen LogP contribution >= 0.6 is 0 Å². The first-order valence-electron chi connectivity index (χ1n) is 13.8. The van der Waals surface area contributed by atoms with Crippen LogP contribution in [0.15, 0.2) is 12.2 Å². The zero-order valence-corrected chi connectivity index (χ0v) is 20.4. The van der Waals surface area contributed by atoms with Crippen molar-refractivity contribution in [1.82, 2.24) is 0 Å². The highest BCUT2D eigenvalue weighted by Crippen LogP contribution is 2.14. The molecule has 0 atom stereocenters. The van der Waals surface area contributed by atoms with E-state index in [2.05, 4.69) is 12.2 Å². The zero-order valence-electron chi connectivity index (χ0n) is 20.4. The Morgan fingerprint density at radius 3 is 0.700 bits per heavy atom. The smallest absolute Gasteiger partial charge is 0.0431 e. The Kier molecular flexibility index (Phi) is 28.3. The van der Waals surface area contributed by atoms with Gasteiger partial charge in [0.15, 0.2) is 0 Å². The second-order valence-electron chi connectivity index (χ2n) is 9.27. The molecular weight excluding hydrogens is 368 g/mol. The van der Waals surface area contributed by atoms with Gasteiger partial charge in [-0.25, -0.2) is 0 Å². The maximum atomic E-state index is 8.75. The van der Waals surface area contributed by atoms with Gasteiger partial charge in [0.1, 0.15) is 0 Å². The molecule has 0 radical (unpaired) electrons. The predicted octanol–water partition coefficient (Wildman–Crippen LogP) is 8.89. The van der Waals surface area contributed by atoms with Gasteiger partial charge in [0.2, 0.25) is 0 Å². The fourth-order valence-electron chi connectivity index (χ4n) is 4.17. The maximum Gasteiger partial charge on any atom is 0.0431 e. The molecule has 0 amide bonds. The summed E-state index contributed by atoms with van der Waals surface area (Å²) in [5, 5.41) is 17.5. The Bertz CT molecular complexity index is 314. The van der Waals surface area contributed by atoms with E-state index < -0.39 is 0 Å². The van der Waals surface area contributed by atoms with Crippen LogP contribution in [0.2, 0.25) is 0 Å². The average Bonchev–Trinajstić information content (AvgIpc) is 2.76. The zero-order chi connectivity index (χ0) is 21.8. The molecule has 0 aromatic rings. The molecule has 2 nitrogen and oxygen atoms in total. The maximum absolute atomic E-state index is 8.75. The number of unbranched alkanes of at least 4 members (excludes halogenated alkanes) is 22. The number of aliphatic hydroxyl groups is 2. The van der Waals surface area contributed by atoms with Crippen LogP contribution in [0.5, 0.6) is 0 Å². The van der Waals surface area contributed by atoms with E-state index in [-0.39, 0.29) is 0 Å². The molecule has 0 aliphatic heterocycles. The summed E-state index contributed by atoms with van der Waals surface area (Å²) in [6, 6.07) is 0. The van der Waals surface area contributed by atoms with Crippen molar-refractivity contribution in [2.24, 2.45) is 0 Å². The molecule has 0 saturated heterocycles. The van der Waals surface area contributed by atoms with Crippen molar-refractivity contribution in [2.45, 2.75) is 154 Å². The van der Waals surface area contributed by atoms with Gasteiger partial charge < -0.3 is 10.2 Å². The van der Waals surface area contributed by atoms with E-state index >= 15 is 0 Å². The second-order valence-corrected chi connectivity index (χ2v) is 9.27. The minimum Gasteiger partial charge on any atom is -0.396 e. The summed E-state index contributed by atoms with van der Waals surface area (Å²) in [5.41, 5.74) is 0. The van der Waals surface area contributed by atoms with Crippen molar-refractivity contribution < 1.29 is 10.2 Å². The monoisotopic (exact) mass is 424 g/mol. The van der Waals surface area contributed by atoms with Gasteiger partial charge in [0.25, 0.3) is 0 Å². The highest BCUT2D eigenvalue weighted by atomic mass is 16.3. The van der Waals surface area contributed by atoms with Crippen LogP contribution in [0, 0.1) is 0 Å². The molecule has 0 heterocycles. The highest BCUT2D eigenvalue weighted by Gasteiger charge is 1.95. The van der Waals surface area contributed by atoms with E-state index in [1.54, 1.807) is 0 Å². The molecule has 2 N–H and O–H groups in total. The van der Waals surface area contributed by atoms with E-state index in [4.69, 9.17) is 10.2 Å². The van der Waals surface area contributed by atoms with Gasteiger partial charge in [0.05, 0.1) is 0 Å². The van der Waals surface area contributed by atoms with E-state index in [9.17, 15) is 0 Å². The first-order valence-corrected chi connectivity index (χ1v) is 13.8. The predicted molar refractivity (Wildman–Crippen MR) is 134 cm³/mol. The van der Waals surface area contributed by atoms with E-state index in [0.29, 0.717) is 13.2 Å². The molecule has 0 aliphatic carbocycles.